The molecule has 1 heteroatoms. The molecule has 0 bridgehead atoms. The number of benzene rings is 1. The zero-order valence-electron chi connectivity index (χ0n) is 7.72. The number of fused-ring (bicyclic) bond motifs is 3. The molecule has 1 atom stereocenters. The molecule has 1 unspecified atom stereocenters. The molecule has 0 amide bonds. The van der Waals surface area contributed by atoms with Crippen LogP contribution in [-0.2, 0) is 0 Å². The van der Waals surface area contributed by atoms with E-state index in [9.17, 15) is 0 Å². The molecular weight excluding hydrogens is 170 g/mol. The van der Waals surface area contributed by atoms with E-state index in [1.54, 1.807) is 0 Å². The van der Waals surface area contributed by atoms with Crippen molar-refractivity contribution < 1.29 is 0 Å². The molecule has 0 saturated carbocycles. The number of hydrogen-bond acceptors (Lipinski definition) is 1. The van der Waals surface area contributed by atoms with E-state index < -0.39 is 0 Å². The lowest BCUT2D eigenvalue weighted by atomic mass is 9.84. The van der Waals surface area contributed by atoms with Gasteiger partial charge in [0.2, 0.25) is 0 Å². The van der Waals surface area contributed by atoms with Crippen LogP contribution in [0.4, 0.5) is 0 Å². The van der Waals surface area contributed by atoms with Crippen molar-refractivity contribution in [2.24, 2.45) is 4.99 Å². The van der Waals surface area contributed by atoms with Crippen molar-refractivity contribution in [3.63, 3.8) is 0 Å². The van der Waals surface area contributed by atoms with Gasteiger partial charge in [0.15, 0.2) is 0 Å². The third-order valence-corrected chi connectivity index (χ3v) is 2.64. The van der Waals surface area contributed by atoms with E-state index in [1.807, 2.05) is 12.3 Å². The van der Waals surface area contributed by atoms with Gasteiger partial charge in [-0.25, -0.2) is 0 Å². The first-order chi connectivity index (χ1) is 6.95. The molecule has 0 aromatic heterocycles. The van der Waals surface area contributed by atoms with Crippen LogP contribution in [0.1, 0.15) is 11.1 Å². The Morgan fingerprint density at radius 3 is 3.00 bits per heavy atom. The Kier molecular flexibility index (Phi) is 1.63. The van der Waals surface area contributed by atoms with E-state index in [2.05, 4.69) is 47.5 Å². The van der Waals surface area contributed by atoms with Crippen LogP contribution in [0.15, 0.2) is 53.6 Å². The van der Waals surface area contributed by atoms with Crippen molar-refractivity contribution in [1.82, 2.24) is 0 Å². The molecule has 1 radical (unpaired) electrons. The highest BCUT2D eigenvalue weighted by molar-refractivity contribution is 5.86. The van der Waals surface area contributed by atoms with Crippen LogP contribution in [0.3, 0.4) is 0 Å². The Labute approximate surface area is 83.5 Å². The quantitative estimate of drug-likeness (QED) is 0.581. The molecule has 0 spiro atoms. The largest absolute Gasteiger partial charge is 0.284 e. The summed E-state index contributed by atoms with van der Waals surface area (Å²) in [7, 11) is 0. The van der Waals surface area contributed by atoms with Crippen molar-refractivity contribution in [2.75, 3.05) is 0 Å². The number of nitrogens with zero attached hydrogens (tertiary/aromatic N) is 1. The SMILES string of the molecule is C1=C[C]2c3ccccc3C=NC2C=C1. The third kappa shape index (κ3) is 1.06. The van der Waals surface area contributed by atoms with Crippen LogP contribution in [0.5, 0.6) is 0 Å². The number of rotatable bonds is 0. The van der Waals surface area contributed by atoms with E-state index in [-0.39, 0.29) is 6.04 Å². The molecule has 1 aliphatic heterocycles. The highest BCUT2D eigenvalue weighted by Gasteiger charge is 2.24. The average Bonchev–Trinajstić information content (AvgIpc) is 2.29. The van der Waals surface area contributed by atoms with Gasteiger partial charge in [0.1, 0.15) is 0 Å². The minimum atomic E-state index is 0.231. The fourth-order valence-corrected chi connectivity index (χ4v) is 1.94. The average molecular weight is 180 g/mol. The molecule has 1 aromatic carbocycles. The number of allylic oxidation sites excluding steroid dienone is 2. The lowest BCUT2D eigenvalue weighted by molar-refractivity contribution is 0.873. The monoisotopic (exact) mass is 180 g/mol. The lowest BCUT2D eigenvalue weighted by Gasteiger charge is -2.25. The Morgan fingerprint density at radius 1 is 1.07 bits per heavy atom. The Bertz CT molecular complexity index is 440. The summed E-state index contributed by atoms with van der Waals surface area (Å²) >= 11 is 0. The highest BCUT2D eigenvalue weighted by atomic mass is 14.8. The van der Waals surface area contributed by atoms with Gasteiger partial charge in [0.05, 0.1) is 12.0 Å². The predicted molar refractivity (Wildman–Crippen MR) is 58.4 cm³/mol. The molecular formula is C13H10N. The van der Waals surface area contributed by atoms with Gasteiger partial charge in [-0.15, -0.1) is 0 Å². The summed E-state index contributed by atoms with van der Waals surface area (Å²) in [4.78, 5) is 4.49. The summed E-state index contributed by atoms with van der Waals surface area (Å²) in [5, 5.41) is 0. The first-order valence-electron chi connectivity index (χ1n) is 4.79. The molecule has 67 valence electrons. The van der Waals surface area contributed by atoms with Gasteiger partial charge in [0, 0.05) is 6.21 Å². The molecule has 1 aromatic rings. The van der Waals surface area contributed by atoms with Gasteiger partial charge in [-0.05, 0) is 11.1 Å². The van der Waals surface area contributed by atoms with Crippen LogP contribution in [-0.4, -0.2) is 12.3 Å². The molecule has 2 aliphatic rings. The summed E-state index contributed by atoms with van der Waals surface area (Å²) in [5.41, 5.74) is 2.53. The normalized spacial score (nSPS) is 23.3. The maximum Gasteiger partial charge on any atom is 0.0827 e. The predicted octanol–water partition coefficient (Wildman–Crippen LogP) is 2.54. The Hall–Kier alpha value is -1.63. The molecule has 0 N–H and O–H groups in total. The Morgan fingerprint density at radius 2 is 2.00 bits per heavy atom. The second-order valence-corrected chi connectivity index (χ2v) is 3.51. The minimum Gasteiger partial charge on any atom is -0.284 e. The van der Waals surface area contributed by atoms with Gasteiger partial charge >= 0.3 is 0 Å². The van der Waals surface area contributed by atoms with Crippen LogP contribution >= 0.6 is 0 Å². The standard InChI is InChI=1S/C13H10N/c1-2-6-11-10(5-1)9-14-13-8-4-3-7-12(11)13/h1-9,13H. The van der Waals surface area contributed by atoms with Gasteiger partial charge < -0.3 is 0 Å². The second-order valence-electron chi connectivity index (χ2n) is 3.51. The molecule has 1 heterocycles. The van der Waals surface area contributed by atoms with E-state index in [0.29, 0.717) is 0 Å². The van der Waals surface area contributed by atoms with Crippen LogP contribution in [0, 0.1) is 5.92 Å². The van der Waals surface area contributed by atoms with Crippen molar-refractivity contribution in [1.29, 1.82) is 0 Å². The van der Waals surface area contributed by atoms with Crippen molar-refractivity contribution in [2.45, 2.75) is 6.04 Å². The van der Waals surface area contributed by atoms with Gasteiger partial charge in [0.25, 0.3) is 0 Å². The Balaban J connectivity index is 2.15. The van der Waals surface area contributed by atoms with Gasteiger partial charge in [-0.3, -0.25) is 4.99 Å². The molecule has 0 fully saturated rings. The highest BCUT2D eigenvalue weighted by Crippen LogP contribution is 2.31. The van der Waals surface area contributed by atoms with Crippen molar-refractivity contribution in [3.8, 4) is 0 Å². The van der Waals surface area contributed by atoms with Crippen LogP contribution < -0.4 is 0 Å². The summed E-state index contributed by atoms with van der Waals surface area (Å²) in [5.74, 6) is 1.31. The summed E-state index contributed by atoms with van der Waals surface area (Å²) in [6.07, 6.45) is 10.4. The maximum absolute atomic E-state index is 4.49. The molecule has 0 saturated heterocycles. The summed E-state index contributed by atoms with van der Waals surface area (Å²) in [6, 6.07) is 8.62. The lowest BCUT2D eigenvalue weighted by Crippen LogP contribution is -2.20. The maximum atomic E-state index is 4.49. The first-order valence-corrected chi connectivity index (χ1v) is 4.79. The second kappa shape index (κ2) is 2.95. The van der Waals surface area contributed by atoms with Crippen molar-refractivity contribution >= 4 is 6.21 Å². The molecule has 1 aliphatic carbocycles. The fraction of sp³-hybridized carbons (Fsp3) is 0.0769. The fourth-order valence-electron chi connectivity index (χ4n) is 1.94. The molecule has 3 rings (SSSR count). The van der Waals surface area contributed by atoms with Gasteiger partial charge in [-0.2, -0.15) is 0 Å². The van der Waals surface area contributed by atoms with Crippen LogP contribution in [0.2, 0.25) is 0 Å². The smallest absolute Gasteiger partial charge is 0.0827 e. The molecule has 1 nitrogen and oxygen atoms in total. The van der Waals surface area contributed by atoms with Gasteiger partial charge in [-0.1, -0.05) is 48.6 Å². The van der Waals surface area contributed by atoms with Crippen LogP contribution in [0.25, 0.3) is 0 Å². The number of aliphatic imine (C=N–C) groups is 1. The zero-order chi connectivity index (χ0) is 9.38. The topological polar surface area (TPSA) is 12.4 Å². The van der Waals surface area contributed by atoms with E-state index in [0.717, 1.165) is 0 Å². The third-order valence-electron chi connectivity index (χ3n) is 2.64. The minimum absolute atomic E-state index is 0.231. The van der Waals surface area contributed by atoms with E-state index in [4.69, 9.17) is 0 Å². The summed E-state index contributed by atoms with van der Waals surface area (Å²) in [6.45, 7) is 0. The summed E-state index contributed by atoms with van der Waals surface area (Å²) < 4.78 is 0. The van der Waals surface area contributed by atoms with E-state index in [1.165, 1.54) is 17.0 Å². The zero-order valence-corrected chi connectivity index (χ0v) is 7.72. The first kappa shape index (κ1) is 7.74. The number of hydrogen-bond donors (Lipinski definition) is 0. The van der Waals surface area contributed by atoms with Crippen molar-refractivity contribution in [3.05, 3.63) is 65.6 Å². The van der Waals surface area contributed by atoms with E-state index >= 15 is 0 Å². The molecule has 14 heavy (non-hydrogen) atoms.